The molecule has 0 aromatic carbocycles. The average molecular weight is 226 g/mol. The topological polar surface area (TPSA) is 38.9 Å². The third kappa shape index (κ3) is 2.62. The zero-order valence-electron chi connectivity index (χ0n) is 7.35. The van der Waals surface area contributed by atoms with E-state index in [1.165, 1.54) is 0 Å². The van der Waals surface area contributed by atoms with E-state index < -0.39 is 23.7 Å². The molecule has 0 atom stereocenters. The fourth-order valence-corrected chi connectivity index (χ4v) is 1.05. The number of rotatable bonds is 2. The van der Waals surface area contributed by atoms with Crippen LogP contribution in [0.2, 0.25) is 0 Å². The summed E-state index contributed by atoms with van der Waals surface area (Å²) in [6, 6.07) is 0.674. The summed E-state index contributed by atoms with van der Waals surface area (Å²) in [5, 5.41) is 0. The van der Waals surface area contributed by atoms with Gasteiger partial charge in [0.1, 0.15) is 0 Å². The van der Waals surface area contributed by atoms with Crippen molar-refractivity contribution in [2.45, 2.75) is 19.1 Å². The summed E-state index contributed by atoms with van der Waals surface area (Å²) < 4.78 is 61.3. The largest absolute Gasteiger partial charge is 0.418 e. The molecule has 2 nitrogen and oxygen atoms in total. The zero-order valence-corrected chi connectivity index (χ0v) is 7.35. The van der Waals surface area contributed by atoms with Crippen LogP contribution in [0.15, 0.2) is 12.3 Å². The van der Waals surface area contributed by atoms with Gasteiger partial charge in [0.2, 0.25) is 0 Å². The number of nitrogens with two attached hydrogens (primary N) is 1. The third-order valence-corrected chi connectivity index (χ3v) is 1.74. The van der Waals surface area contributed by atoms with Crippen molar-refractivity contribution >= 4 is 0 Å². The molecule has 2 N–H and O–H groups in total. The second kappa shape index (κ2) is 4.09. The van der Waals surface area contributed by atoms with E-state index in [1.54, 1.807) is 0 Å². The van der Waals surface area contributed by atoms with Crippen LogP contribution in [0.3, 0.4) is 0 Å². The van der Waals surface area contributed by atoms with Crippen molar-refractivity contribution in [1.82, 2.24) is 4.98 Å². The number of aromatic nitrogens is 1. The molecule has 1 aromatic heterocycles. The van der Waals surface area contributed by atoms with Gasteiger partial charge in [-0.3, -0.25) is 4.98 Å². The number of halogens is 5. The predicted molar refractivity (Wildman–Crippen MR) is 42.1 cm³/mol. The Bertz CT molecular complexity index is 347. The molecule has 15 heavy (non-hydrogen) atoms. The summed E-state index contributed by atoms with van der Waals surface area (Å²) in [5.74, 6) is 0. The SMILES string of the molecule is NCc1cc(C(F)F)c(C(F)(F)F)cn1. The summed E-state index contributed by atoms with van der Waals surface area (Å²) in [4.78, 5) is 3.33. The number of hydrogen-bond acceptors (Lipinski definition) is 2. The fraction of sp³-hybridized carbons (Fsp3) is 0.375. The Labute approximate surface area is 81.9 Å². The van der Waals surface area contributed by atoms with Crippen LogP contribution in [0.1, 0.15) is 23.2 Å². The molecule has 0 aliphatic carbocycles. The Hall–Kier alpha value is -1.24. The summed E-state index contributed by atoms with van der Waals surface area (Å²) in [7, 11) is 0. The van der Waals surface area contributed by atoms with E-state index in [0.29, 0.717) is 12.3 Å². The Morgan fingerprint density at radius 3 is 2.33 bits per heavy atom. The Kier molecular flexibility index (Phi) is 3.23. The maximum absolute atomic E-state index is 12.3. The van der Waals surface area contributed by atoms with Crippen molar-refractivity contribution in [2.75, 3.05) is 0 Å². The van der Waals surface area contributed by atoms with E-state index >= 15 is 0 Å². The number of alkyl halides is 5. The highest BCUT2D eigenvalue weighted by Crippen LogP contribution is 2.35. The Balaban J connectivity index is 3.28. The lowest BCUT2D eigenvalue weighted by Gasteiger charge is -2.12. The summed E-state index contributed by atoms with van der Waals surface area (Å²) >= 11 is 0. The molecule has 0 aliphatic rings. The van der Waals surface area contributed by atoms with E-state index in [2.05, 4.69) is 4.98 Å². The van der Waals surface area contributed by atoms with Crippen molar-refractivity contribution < 1.29 is 22.0 Å². The fourth-order valence-electron chi connectivity index (χ4n) is 1.05. The molecule has 0 amide bonds. The molecule has 84 valence electrons. The monoisotopic (exact) mass is 226 g/mol. The minimum Gasteiger partial charge on any atom is -0.325 e. The maximum atomic E-state index is 12.3. The predicted octanol–water partition coefficient (Wildman–Crippen LogP) is 2.50. The first kappa shape index (κ1) is 11.8. The van der Waals surface area contributed by atoms with Gasteiger partial charge in [0.25, 0.3) is 6.43 Å². The molecular formula is C8H7F5N2. The minimum absolute atomic E-state index is 0.00157. The van der Waals surface area contributed by atoms with Crippen molar-refractivity contribution in [2.24, 2.45) is 5.73 Å². The van der Waals surface area contributed by atoms with Crippen LogP contribution in [0.4, 0.5) is 22.0 Å². The molecule has 1 heterocycles. The molecule has 0 unspecified atom stereocenters. The van der Waals surface area contributed by atoms with Crippen LogP contribution in [-0.2, 0) is 12.7 Å². The second-order valence-electron chi connectivity index (χ2n) is 2.77. The zero-order chi connectivity index (χ0) is 11.6. The standard InChI is InChI=1S/C8H7F5N2/c9-7(10)5-1-4(2-14)15-3-6(5)8(11,12)13/h1,3,7H,2,14H2. The summed E-state index contributed by atoms with van der Waals surface area (Å²) in [6.45, 7) is -0.183. The van der Waals surface area contributed by atoms with Gasteiger partial charge in [0.15, 0.2) is 0 Å². The van der Waals surface area contributed by atoms with Gasteiger partial charge in [-0.2, -0.15) is 13.2 Å². The van der Waals surface area contributed by atoms with E-state index in [0.717, 1.165) is 0 Å². The molecular weight excluding hydrogens is 219 g/mol. The van der Waals surface area contributed by atoms with E-state index in [9.17, 15) is 22.0 Å². The molecule has 0 radical (unpaired) electrons. The lowest BCUT2D eigenvalue weighted by atomic mass is 10.1. The average Bonchev–Trinajstić information content (AvgIpc) is 2.15. The first-order valence-electron chi connectivity index (χ1n) is 3.90. The van der Waals surface area contributed by atoms with Gasteiger partial charge in [-0.05, 0) is 6.07 Å². The maximum Gasteiger partial charge on any atom is 0.418 e. The Morgan fingerprint density at radius 1 is 1.33 bits per heavy atom. The molecule has 0 bridgehead atoms. The van der Waals surface area contributed by atoms with Crippen LogP contribution < -0.4 is 5.73 Å². The lowest BCUT2D eigenvalue weighted by Crippen LogP contribution is -2.12. The first-order chi connectivity index (χ1) is 6.86. The lowest BCUT2D eigenvalue weighted by molar-refractivity contribution is -0.139. The van der Waals surface area contributed by atoms with E-state index in [1.807, 2.05) is 0 Å². The molecule has 7 heteroatoms. The summed E-state index contributed by atoms with van der Waals surface area (Å²) in [5.41, 5.74) is 2.58. The van der Waals surface area contributed by atoms with E-state index in [-0.39, 0.29) is 12.2 Å². The van der Waals surface area contributed by atoms with Gasteiger partial charge >= 0.3 is 6.18 Å². The smallest absolute Gasteiger partial charge is 0.325 e. The third-order valence-electron chi connectivity index (χ3n) is 1.74. The molecule has 0 spiro atoms. The van der Waals surface area contributed by atoms with Gasteiger partial charge in [-0.15, -0.1) is 0 Å². The van der Waals surface area contributed by atoms with Gasteiger partial charge in [-0.25, -0.2) is 8.78 Å². The summed E-state index contributed by atoms with van der Waals surface area (Å²) in [6.07, 6.45) is -7.65. The number of pyridine rings is 1. The van der Waals surface area contributed by atoms with Crippen LogP contribution in [0, 0.1) is 0 Å². The molecule has 1 aromatic rings. The highest BCUT2D eigenvalue weighted by atomic mass is 19.4. The van der Waals surface area contributed by atoms with Gasteiger partial charge in [0.05, 0.1) is 11.3 Å². The van der Waals surface area contributed by atoms with Gasteiger partial charge < -0.3 is 5.73 Å². The van der Waals surface area contributed by atoms with E-state index in [4.69, 9.17) is 5.73 Å². The van der Waals surface area contributed by atoms with Crippen molar-refractivity contribution in [3.8, 4) is 0 Å². The van der Waals surface area contributed by atoms with Crippen molar-refractivity contribution in [1.29, 1.82) is 0 Å². The number of hydrogen-bond donors (Lipinski definition) is 1. The first-order valence-corrected chi connectivity index (χ1v) is 3.90. The molecule has 0 fully saturated rings. The van der Waals surface area contributed by atoms with Crippen LogP contribution in [-0.4, -0.2) is 4.98 Å². The van der Waals surface area contributed by atoms with Crippen LogP contribution in [0.25, 0.3) is 0 Å². The Morgan fingerprint density at radius 2 is 1.93 bits per heavy atom. The molecule has 1 rings (SSSR count). The molecule has 0 aliphatic heterocycles. The van der Waals surface area contributed by atoms with Gasteiger partial charge in [0, 0.05) is 18.3 Å². The minimum atomic E-state index is -4.83. The molecule has 0 saturated carbocycles. The number of nitrogens with zero attached hydrogens (tertiary/aromatic N) is 1. The van der Waals surface area contributed by atoms with Crippen LogP contribution >= 0.6 is 0 Å². The van der Waals surface area contributed by atoms with Crippen molar-refractivity contribution in [3.05, 3.63) is 29.1 Å². The van der Waals surface area contributed by atoms with Crippen LogP contribution in [0.5, 0.6) is 0 Å². The normalized spacial score (nSPS) is 12.2. The van der Waals surface area contributed by atoms with Gasteiger partial charge in [-0.1, -0.05) is 0 Å². The second-order valence-corrected chi connectivity index (χ2v) is 2.77. The molecule has 0 saturated heterocycles. The highest BCUT2D eigenvalue weighted by molar-refractivity contribution is 5.30. The van der Waals surface area contributed by atoms with Crippen molar-refractivity contribution in [3.63, 3.8) is 0 Å². The quantitative estimate of drug-likeness (QED) is 0.787. The highest BCUT2D eigenvalue weighted by Gasteiger charge is 2.36.